The molecule has 0 saturated heterocycles. The summed E-state index contributed by atoms with van der Waals surface area (Å²) in [6.45, 7) is 5.20. The molecule has 1 heterocycles. The van der Waals surface area contributed by atoms with Gasteiger partial charge in [0.25, 0.3) is 0 Å². The lowest BCUT2D eigenvalue weighted by atomic mass is 10.0. The van der Waals surface area contributed by atoms with Gasteiger partial charge in [-0.05, 0) is 44.0 Å². The van der Waals surface area contributed by atoms with Crippen LogP contribution in [0, 0.1) is 20.8 Å². The largest absolute Gasteiger partial charge is 0.481 e. The summed E-state index contributed by atoms with van der Waals surface area (Å²) in [5.74, 6) is 0.0427. The minimum atomic E-state index is -0.466. The smallest absolute Gasteiger partial charge is 0.343 e. The number of methoxy groups -OCH3 is 1. The molecule has 0 spiro atoms. The molecule has 0 aliphatic carbocycles. The normalized spacial score (nSPS) is 10.6. The molecule has 0 fully saturated rings. The molecule has 0 atom stereocenters. The second kappa shape index (κ2) is 5.36. The van der Waals surface area contributed by atoms with Gasteiger partial charge in [0.2, 0.25) is 0 Å². The fraction of sp³-hybridized carbons (Fsp3) is 0.333. The van der Waals surface area contributed by atoms with Gasteiger partial charge in [-0.1, -0.05) is 0 Å². The summed E-state index contributed by atoms with van der Waals surface area (Å²) >= 11 is 0. The van der Waals surface area contributed by atoms with Gasteiger partial charge in [-0.25, -0.2) is 9.59 Å². The van der Waals surface area contributed by atoms with Crippen LogP contribution in [0.3, 0.4) is 0 Å². The van der Waals surface area contributed by atoms with Crippen molar-refractivity contribution in [3.63, 3.8) is 0 Å². The van der Waals surface area contributed by atoms with Crippen LogP contribution in [0.2, 0.25) is 0 Å². The maximum absolute atomic E-state index is 11.7. The molecule has 1 aromatic heterocycles. The summed E-state index contributed by atoms with van der Waals surface area (Å²) in [7, 11) is 1.30. The van der Waals surface area contributed by atoms with Gasteiger partial charge in [-0.15, -0.1) is 0 Å². The van der Waals surface area contributed by atoms with Gasteiger partial charge in [-0.3, -0.25) is 0 Å². The number of ether oxygens (including phenoxy) is 2. The lowest BCUT2D eigenvalue weighted by Crippen LogP contribution is -2.13. The van der Waals surface area contributed by atoms with Gasteiger partial charge in [0, 0.05) is 5.56 Å². The number of carbonyl (C=O) groups excluding carboxylic acids is 1. The van der Waals surface area contributed by atoms with E-state index in [0.717, 1.165) is 11.1 Å². The Bertz CT molecular complexity index is 727. The molecule has 0 aliphatic heterocycles. The third kappa shape index (κ3) is 2.52. The summed E-state index contributed by atoms with van der Waals surface area (Å²) in [6, 6.07) is 3.58. The van der Waals surface area contributed by atoms with Crippen molar-refractivity contribution < 1.29 is 18.7 Å². The zero-order valence-electron chi connectivity index (χ0n) is 11.9. The first-order valence-corrected chi connectivity index (χ1v) is 6.18. The standard InChI is InChI=1S/C15H16O5/c1-8-5-11(19-7-13(16)18-4)14-9(2)10(3)15(17)20-12(14)6-8/h5-6H,7H2,1-4H3. The van der Waals surface area contributed by atoms with Crippen molar-refractivity contribution in [2.24, 2.45) is 0 Å². The van der Waals surface area contributed by atoms with Crippen LogP contribution in [0.25, 0.3) is 11.0 Å². The lowest BCUT2D eigenvalue weighted by Gasteiger charge is -2.12. The molecule has 2 rings (SSSR count). The van der Waals surface area contributed by atoms with Crippen molar-refractivity contribution in [3.8, 4) is 5.75 Å². The molecule has 0 amide bonds. The number of carbonyl (C=O) groups is 1. The van der Waals surface area contributed by atoms with Crippen LogP contribution < -0.4 is 10.4 Å². The molecule has 5 heteroatoms. The van der Waals surface area contributed by atoms with Gasteiger partial charge in [0.15, 0.2) is 6.61 Å². The van der Waals surface area contributed by atoms with Crippen molar-refractivity contribution in [1.82, 2.24) is 0 Å². The number of aryl methyl sites for hydroxylation is 2. The van der Waals surface area contributed by atoms with Gasteiger partial charge < -0.3 is 13.9 Å². The monoisotopic (exact) mass is 276 g/mol. The van der Waals surface area contributed by atoms with E-state index in [1.807, 2.05) is 13.8 Å². The van der Waals surface area contributed by atoms with E-state index in [2.05, 4.69) is 4.74 Å². The van der Waals surface area contributed by atoms with Crippen LogP contribution in [0.5, 0.6) is 5.75 Å². The van der Waals surface area contributed by atoms with E-state index < -0.39 is 5.97 Å². The minimum Gasteiger partial charge on any atom is -0.481 e. The van der Waals surface area contributed by atoms with Crippen molar-refractivity contribution in [2.45, 2.75) is 20.8 Å². The average Bonchev–Trinajstić information content (AvgIpc) is 2.41. The Hall–Kier alpha value is -2.30. The maximum atomic E-state index is 11.7. The fourth-order valence-electron chi connectivity index (χ4n) is 2.00. The van der Waals surface area contributed by atoms with E-state index in [4.69, 9.17) is 9.15 Å². The number of rotatable bonds is 3. The van der Waals surface area contributed by atoms with E-state index in [9.17, 15) is 9.59 Å². The van der Waals surface area contributed by atoms with E-state index >= 15 is 0 Å². The molecule has 5 nitrogen and oxygen atoms in total. The Morgan fingerprint density at radius 3 is 2.55 bits per heavy atom. The molecular weight excluding hydrogens is 260 g/mol. The Morgan fingerprint density at radius 1 is 1.20 bits per heavy atom. The molecule has 0 N–H and O–H groups in total. The fourth-order valence-corrected chi connectivity index (χ4v) is 2.00. The Balaban J connectivity index is 2.61. The van der Waals surface area contributed by atoms with E-state index in [0.29, 0.717) is 22.3 Å². The maximum Gasteiger partial charge on any atom is 0.343 e. The van der Waals surface area contributed by atoms with Crippen LogP contribution in [-0.4, -0.2) is 19.7 Å². The predicted octanol–water partition coefficient (Wildman–Crippen LogP) is 2.27. The molecule has 0 radical (unpaired) electrons. The number of fused-ring (bicyclic) bond motifs is 1. The topological polar surface area (TPSA) is 65.7 Å². The van der Waals surface area contributed by atoms with Crippen LogP contribution in [0.1, 0.15) is 16.7 Å². The average molecular weight is 276 g/mol. The predicted molar refractivity (Wildman–Crippen MR) is 74.2 cm³/mol. The van der Waals surface area contributed by atoms with Crippen molar-refractivity contribution in [3.05, 3.63) is 39.2 Å². The number of hydrogen-bond acceptors (Lipinski definition) is 5. The summed E-state index contributed by atoms with van der Waals surface area (Å²) in [4.78, 5) is 22.9. The quantitative estimate of drug-likeness (QED) is 0.635. The molecule has 0 saturated carbocycles. The third-order valence-corrected chi connectivity index (χ3v) is 3.23. The van der Waals surface area contributed by atoms with Crippen molar-refractivity contribution in [2.75, 3.05) is 13.7 Å². The highest BCUT2D eigenvalue weighted by Gasteiger charge is 2.14. The molecule has 106 valence electrons. The van der Waals surface area contributed by atoms with Crippen molar-refractivity contribution >= 4 is 16.9 Å². The SMILES string of the molecule is COC(=O)COc1cc(C)cc2oc(=O)c(C)c(C)c12. The molecule has 0 unspecified atom stereocenters. The summed E-state index contributed by atoms with van der Waals surface area (Å²) in [5, 5.41) is 0.705. The zero-order valence-corrected chi connectivity index (χ0v) is 11.9. The van der Waals surface area contributed by atoms with Crippen molar-refractivity contribution in [1.29, 1.82) is 0 Å². The summed E-state index contributed by atoms with van der Waals surface area (Å²) in [6.07, 6.45) is 0. The molecule has 1 aromatic carbocycles. The van der Waals surface area contributed by atoms with E-state index in [-0.39, 0.29) is 12.2 Å². The third-order valence-electron chi connectivity index (χ3n) is 3.23. The summed E-state index contributed by atoms with van der Waals surface area (Å²) in [5.41, 5.74) is 2.29. The highest BCUT2D eigenvalue weighted by molar-refractivity contribution is 5.88. The first kappa shape index (κ1) is 14.1. The summed E-state index contributed by atoms with van der Waals surface area (Å²) < 4.78 is 15.3. The van der Waals surface area contributed by atoms with Crippen LogP contribution in [-0.2, 0) is 9.53 Å². The van der Waals surface area contributed by atoms with E-state index in [1.54, 1.807) is 19.1 Å². The number of esters is 1. The zero-order chi connectivity index (χ0) is 14.9. The number of benzene rings is 1. The van der Waals surface area contributed by atoms with E-state index in [1.165, 1.54) is 7.11 Å². The first-order chi connectivity index (χ1) is 9.43. The van der Waals surface area contributed by atoms with Crippen LogP contribution in [0.15, 0.2) is 21.3 Å². The minimum absolute atomic E-state index is 0.188. The van der Waals surface area contributed by atoms with Crippen LogP contribution in [0.4, 0.5) is 0 Å². The first-order valence-electron chi connectivity index (χ1n) is 6.18. The molecule has 2 aromatic rings. The van der Waals surface area contributed by atoms with Gasteiger partial charge in [0.1, 0.15) is 11.3 Å². The highest BCUT2D eigenvalue weighted by atomic mass is 16.6. The second-order valence-electron chi connectivity index (χ2n) is 4.64. The Kier molecular flexibility index (Phi) is 3.79. The second-order valence-corrected chi connectivity index (χ2v) is 4.64. The molecule has 0 bridgehead atoms. The van der Waals surface area contributed by atoms with Gasteiger partial charge in [0.05, 0.1) is 12.5 Å². The van der Waals surface area contributed by atoms with Crippen LogP contribution >= 0.6 is 0 Å². The van der Waals surface area contributed by atoms with Gasteiger partial charge in [-0.2, -0.15) is 0 Å². The van der Waals surface area contributed by atoms with Gasteiger partial charge >= 0.3 is 11.6 Å². The lowest BCUT2D eigenvalue weighted by molar-refractivity contribution is -0.142. The number of hydrogen-bond donors (Lipinski definition) is 0. The Morgan fingerprint density at radius 2 is 1.90 bits per heavy atom. The molecule has 0 aliphatic rings. The Labute approximate surface area is 116 Å². The highest BCUT2D eigenvalue weighted by Crippen LogP contribution is 2.30. The molecular formula is C15H16O5. The molecule has 20 heavy (non-hydrogen) atoms.